The summed E-state index contributed by atoms with van der Waals surface area (Å²) in [7, 11) is 1.60. The molecule has 1 saturated heterocycles. The first-order valence-electron chi connectivity index (χ1n) is 9.25. The van der Waals surface area contributed by atoms with Gasteiger partial charge in [-0.2, -0.15) is 0 Å². The van der Waals surface area contributed by atoms with Crippen molar-refractivity contribution in [1.82, 2.24) is 4.90 Å². The standard InChI is InChI=1S/C22H26N2O3.ClH/c1-22(23,18-6-4-3-5-7-18)21(26)24-14-12-17(13-15-24)20(25)16-8-10-19(27-2)11-9-16;/h3-11,17H,12-15,23H2,1-2H3;1H. The highest BCUT2D eigenvalue weighted by Gasteiger charge is 2.37. The molecule has 1 heterocycles. The Hall–Kier alpha value is -2.37. The number of ether oxygens (including phenoxy) is 1. The van der Waals surface area contributed by atoms with Gasteiger partial charge in [0.25, 0.3) is 0 Å². The van der Waals surface area contributed by atoms with Crippen molar-refractivity contribution in [3.8, 4) is 5.75 Å². The molecule has 0 aromatic heterocycles. The van der Waals surface area contributed by atoms with E-state index in [9.17, 15) is 9.59 Å². The Morgan fingerprint density at radius 1 is 1.04 bits per heavy atom. The van der Waals surface area contributed by atoms with Gasteiger partial charge in [0, 0.05) is 24.6 Å². The van der Waals surface area contributed by atoms with Crippen molar-refractivity contribution in [1.29, 1.82) is 0 Å². The van der Waals surface area contributed by atoms with Gasteiger partial charge in [-0.05, 0) is 49.6 Å². The van der Waals surface area contributed by atoms with E-state index < -0.39 is 5.54 Å². The molecule has 5 nitrogen and oxygen atoms in total. The number of benzene rings is 2. The predicted molar refractivity (Wildman–Crippen MR) is 112 cm³/mol. The maximum atomic E-state index is 12.9. The molecule has 0 saturated carbocycles. The van der Waals surface area contributed by atoms with Crippen molar-refractivity contribution < 1.29 is 14.3 Å². The number of amides is 1. The molecule has 0 bridgehead atoms. The fourth-order valence-electron chi connectivity index (χ4n) is 3.57. The minimum atomic E-state index is -1.06. The number of nitrogens with two attached hydrogens (primary N) is 1. The number of halogens is 1. The van der Waals surface area contributed by atoms with Gasteiger partial charge >= 0.3 is 0 Å². The lowest BCUT2D eigenvalue weighted by molar-refractivity contribution is -0.138. The molecule has 1 aliphatic rings. The highest BCUT2D eigenvalue weighted by molar-refractivity contribution is 5.98. The van der Waals surface area contributed by atoms with Crippen LogP contribution in [-0.4, -0.2) is 36.8 Å². The van der Waals surface area contributed by atoms with Crippen molar-refractivity contribution >= 4 is 24.1 Å². The van der Waals surface area contributed by atoms with Gasteiger partial charge in [0.1, 0.15) is 11.3 Å². The van der Waals surface area contributed by atoms with Crippen LogP contribution in [0.25, 0.3) is 0 Å². The number of nitrogens with zero attached hydrogens (tertiary/aromatic N) is 1. The van der Waals surface area contributed by atoms with Crippen LogP contribution in [0.2, 0.25) is 0 Å². The summed E-state index contributed by atoms with van der Waals surface area (Å²) in [5, 5.41) is 0. The zero-order valence-electron chi connectivity index (χ0n) is 16.3. The van der Waals surface area contributed by atoms with E-state index in [1.807, 2.05) is 30.3 Å². The van der Waals surface area contributed by atoms with Crippen LogP contribution >= 0.6 is 12.4 Å². The molecule has 2 N–H and O–H groups in total. The maximum Gasteiger partial charge on any atom is 0.246 e. The van der Waals surface area contributed by atoms with E-state index in [1.165, 1.54) is 0 Å². The Kier molecular flexibility index (Phi) is 7.22. The molecule has 28 heavy (non-hydrogen) atoms. The summed E-state index contributed by atoms with van der Waals surface area (Å²) in [6.45, 7) is 2.84. The van der Waals surface area contributed by atoms with Gasteiger partial charge in [0.05, 0.1) is 7.11 Å². The van der Waals surface area contributed by atoms with Crippen molar-refractivity contribution in [2.75, 3.05) is 20.2 Å². The van der Waals surface area contributed by atoms with Crippen molar-refractivity contribution in [2.24, 2.45) is 11.7 Å². The van der Waals surface area contributed by atoms with Crippen LogP contribution in [0.15, 0.2) is 54.6 Å². The zero-order chi connectivity index (χ0) is 19.4. The highest BCUT2D eigenvalue weighted by atomic mass is 35.5. The first kappa shape index (κ1) is 21.9. The predicted octanol–water partition coefficient (Wildman–Crippen LogP) is 3.41. The second-order valence-corrected chi connectivity index (χ2v) is 7.23. The number of ketones is 1. The van der Waals surface area contributed by atoms with Crippen LogP contribution in [-0.2, 0) is 10.3 Å². The number of hydrogen-bond donors (Lipinski definition) is 1. The first-order valence-corrected chi connectivity index (χ1v) is 9.25. The van der Waals surface area contributed by atoms with Gasteiger partial charge in [-0.25, -0.2) is 0 Å². The molecule has 1 amide bonds. The number of carbonyl (C=O) groups excluding carboxylic acids is 2. The summed E-state index contributed by atoms with van der Waals surface area (Å²) in [4.78, 5) is 27.4. The fourth-order valence-corrected chi connectivity index (χ4v) is 3.57. The van der Waals surface area contributed by atoms with Crippen LogP contribution in [0.1, 0.15) is 35.7 Å². The number of piperidine rings is 1. The largest absolute Gasteiger partial charge is 0.497 e. The minimum absolute atomic E-state index is 0. The molecule has 1 aliphatic heterocycles. The monoisotopic (exact) mass is 402 g/mol. The Bertz CT molecular complexity index is 798. The third-order valence-corrected chi connectivity index (χ3v) is 5.35. The van der Waals surface area contributed by atoms with Gasteiger partial charge in [0.15, 0.2) is 5.78 Å². The maximum absolute atomic E-state index is 12.9. The normalized spacial score (nSPS) is 16.6. The Morgan fingerprint density at radius 2 is 1.61 bits per heavy atom. The van der Waals surface area contributed by atoms with Crippen LogP contribution in [0.5, 0.6) is 5.75 Å². The summed E-state index contributed by atoms with van der Waals surface area (Å²) in [6, 6.07) is 16.6. The minimum Gasteiger partial charge on any atom is -0.497 e. The number of hydrogen-bond acceptors (Lipinski definition) is 4. The molecule has 0 radical (unpaired) electrons. The molecule has 150 valence electrons. The molecular weight excluding hydrogens is 376 g/mol. The number of Topliss-reactive ketones (excluding diaryl/α,β-unsaturated/α-hetero) is 1. The number of methoxy groups -OCH3 is 1. The quantitative estimate of drug-likeness (QED) is 0.778. The fraction of sp³-hybridized carbons (Fsp3) is 0.364. The first-order chi connectivity index (χ1) is 12.9. The van der Waals surface area contributed by atoms with Crippen LogP contribution in [0.3, 0.4) is 0 Å². The van der Waals surface area contributed by atoms with Crippen LogP contribution in [0, 0.1) is 5.92 Å². The lowest BCUT2D eigenvalue weighted by Crippen LogP contribution is -2.53. The molecule has 1 atom stereocenters. The molecular formula is C22H27ClN2O3. The molecule has 0 spiro atoms. The summed E-state index contributed by atoms with van der Waals surface area (Å²) in [5.74, 6) is 0.700. The Labute approximate surface area is 172 Å². The van der Waals surface area contributed by atoms with Crippen LogP contribution < -0.4 is 10.5 Å². The molecule has 6 heteroatoms. The molecule has 0 aliphatic carbocycles. The van der Waals surface area contributed by atoms with Gasteiger partial charge < -0.3 is 15.4 Å². The zero-order valence-corrected chi connectivity index (χ0v) is 17.1. The average Bonchev–Trinajstić information content (AvgIpc) is 2.73. The highest BCUT2D eigenvalue weighted by Crippen LogP contribution is 2.27. The molecule has 2 aromatic rings. The van der Waals surface area contributed by atoms with E-state index >= 15 is 0 Å². The number of likely N-dealkylation sites (tertiary alicyclic amines) is 1. The SMILES string of the molecule is COc1ccc(C(=O)C2CCN(C(=O)C(C)(N)c3ccccc3)CC2)cc1.Cl. The van der Waals surface area contributed by atoms with Crippen LogP contribution in [0.4, 0.5) is 0 Å². The summed E-state index contributed by atoms with van der Waals surface area (Å²) in [5.41, 5.74) is 6.78. The van der Waals surface area contributed by atoms with E-state index in [0.29, 0.717) is 31.5 Å². The Balaban J connectivity index is 0.00000280. The summed E-state index contributed by atoms with van der Waals surface area (Å²) in [6.07, 6.45) is 1.31. The molecule has 1 unspecified atom stereocenters. The Morgan fingerprint density at radius 3 is 2.14 bits per heavy atom. The van der Waals surface area contributed by atoms with Crippen molar-refractivity contribution in [3.05, 3.63) is 65.7 Å². The second kappa shape index (κ2) is 9.22. The molecule has 2 aromatic carbocycles. The second-order valence-electron chi connectivity index (χ2n) is 7.23. The third-order valence-electron chi connectivity index (χ3n) is 5.35. The average molecular weight is 403 g/mol. The van der Waals surface area contributed by atoms with Gasteiger partial charge in [-0.3, -0.25) is 9.59 Å². The van der Waals surface area contributed by atoms with E-state index in [-0.39, 0.29) is 30.0 Å². The molecule has 3 rings (SSSR count). The topological polar surface area (TPSA) is 72.6 Å². The van der Waals surface area contributed by atoms with E-state index in [2.05, 4.69) is 0 Å². The number of rotatable bonds is 5. The summed E-state index contributed by atoms with van der Waals surface area (Å²) < 4.78 is 5.14. The van der Waals surface area contributed by atoms with Crippen molar-refractivity contribution in [2.45, 2.75) is 25.3 Å². The lowest BCUT2D eigenvalue weighted by atomic mass is 9.86. The van der Waals surface area contributed by atoms with Gasteiger partial charge in [-0.1, -0.05) is 30.3 Å². The van der Waals surface area contributed by atoms with E-state index in [1.54, 1.807) is 43.2 Å². The summed E-state index contributed by atoms with van der Waals surface area (Å²) >= 11 is 0. The van der Waals surface area contributed by atoms with Crippen molar-refractivity contribution in [3.63, 3.8) is 0 Å². The third kappa shape index (κ3) is 4.54. The number of carbonyl (C=O) groups is 2. The smallest absolute Gasteiger partial charge is 0.246 e. The van der Waals surface area contributed by atoms with E-state index in [0.717, 1.165) is 11.3 Å². The van der Waals surface area contributed by atoms with Gasteiger partial charge in [0.2, 0.25) is 5.91 Å². The lowest BCUT2D eigenvalue weighted by Gasteiger charge is -2.36. The molecule has 1 fully saturated rings. The van der Waals surface area contributed by atoms with E-state index in [4.69, 9.17) is 10.5 Å². The van der Waals surface area contributed by atoms with Gasteiger partial charge in [-0.15, -0.1) is 12.4 Å².